The SMILES string of the molecule is CC(=O)c1ccc(-c2cc(C(F)(F)F)n3nccc3n2)cc1. The van der Waals surface area contributed by atoms with Crippen LogP contribution in [0.1, 0.15) is 23.0 Å². The van der Waals surface area contributed by atoms with Gasteiger partial charge in [0.15, 0.2) is 17.1 Å². The van der Waals surface area contributed by atoms with Crippen molar-refractivity contribution in [3.63, 3.8) is 0 Å². The van der Waals surface area contributed by atoms with E-state index in [4.69, 9.17) is 0 Å². The number of benzene rings is 1. The van der Waals surface area contributed by atoms with Crippen LogP contribution >= 0.6 is 0 Å². The number of hydrogen-bond acceptors (Lipinski definition) is 3. The van der Waals surface area contributed by atoms with Crippen molar-refractivity contribution in [3.8, 4) is 11.3 Å². The predicted octanol–water partition coefficient (Wildman–Crippen LogP) is 3.62. The van der Waals surface area contributed by atoms with Crippen LogP contribution in [0.5, 0.6) is 0 Å². The van der Waals surface area contributed by atoms with Crippen LogP contribution in [0.25, 0.3) is 16.9 Å². The highest BCUT2D eigenvalue weighted by atomic mass is 19.4. The first-order valence-electron chi connectivity index (χ1n) is 6.39. The maximum Gasteiger partial charge on any atom is 0.433 e. The summed E-state index contributed by atoms with van der Waals surface area (Å²) in [4.78, 5) is 15.4. The van der Waals surface area contributed by atoms with Crippen molar-refractivity contribution in [1.29, 1.82) is 0 Å². The molecule has 7 heteroatoms. The van der Waals surface area contributed by atoms with E-state index in [1.54, 1.807) is 24.3 Å². The summed E-state index contributed by atoms with van der Waals surface area (Å²) in [6, 6.07) is 8.63. The Hall–Kier alpha value is -2.70. The second-order valence-corrected chi connectivity index (χ2v) is 4.76. The van der Waals surface area contributed by atoms with Gasteiger partial charge in [0.25, 0.3) is 0 Å². The zero-order valence-corrected chi connectivity index (χ0v) is 11.4. The minimum atomic E-state index is -4.54. The lowest BCUT2D eigenvalue weighted by atomic mass is 10.1. The molecule has 0 saturated heterocycles. The molecule has 2 aromatic heterocycles. The van der Waals surface area contributed by atoms with Crippen LogP contribution < -0.4 is 0 Å². The van der Waals surface area contributed by atoms with E-state index >= 15 is 0 Å². The first-order chi connectivity index (χ1) is 10.4. The van der Waals surface area contributed by atoms with Gasteiger partial charge in [-0.05, 0) is 13.0 Å². The van der Waals surface area contributed by atoms with Gasteiger partial charge in [0.1, 0.15) is 0 Å². The van der Waals surface area contributed by atoms with Crippen LogP contribution in [0.4, 0.5) is 13.2 Å². The lowest BCUT2D eigenvalue weighted by Gasteiger charge is -2.11. The molecule has 1 aromatic carbocycles. The molecule has 0 fully saturated rings. The van der Waals surface area contributed by atoms with E-state index in [-0.39, 0.29) is 17.1 Å². The molecule has 22 heavy (non-hydrogen) atoms. The largest absolute Gasteiger partial charge is 0.433 e. The number of aromatic nitrogens is 3. The summed E-state index contributed by atoms with van der Waals surface area (Å²) in [6.07, 6.45) is -3.28. The maximum absolute atomic E-state index is 13.1. The number of nitrogens with zero attached hydrogens (tertiary/aromatic N) is 3. The summed E-state index contributed by atoms with van der Waals surface area (Å²) < 4.78 is 40.1. The highest BCUT2D eigenvalue weighted by Crippen LogP contribution is 2.32. The van der Waals surface area contributed by atoms with Crippen molar-refractivity contribution in [2.75, 3.05) is 0 Å². The third-order valence-electron chi connectivity index (χ3n) is 3.24. The Labute approximate surface area is 123 Å². The molecule has 0 bridgehead atoms. The van der Waals surface area contributed by atoms with Gasteiger partial charge in [-0.25, -0.2) is 9.50 Å². The minimum absolute atomic E-state index is 0.110. The third kappa shape index (κ3) is 2.45. The first-order valence-corrected chi connectivity index (χ1v) is 6.39. The Bertz CT molecular complexity index is 851. The number of carbonyl (C=O) groups excluding carboxylic acids is 1. The molecule has 0 saturated carbocycles. The van der Waals surface area contributed by atoms with Gasteiger partial charge in [-0.1, -0.05) is 24.3 Å². The summed E-state index contributed by atoms with van der Waals surface area (Å²) in [5, 5.41) is 3.65. The maximum atomic E-state index is 13.1. The van der Waals surface area contributed by atoms with Crippen molar-refractivity contribution in [2.24, 2.45) is 0 Å². The molecule has 0 radical (unpaired) electrons. The number of fused-ring (bicyclic) bond motifs is 1. The quantitative estimate of drug-likeness (QED) is 0.679. The summed E-state index contributed by atoms with van der Waals surface area (Å²) >= 11 is 0. The number of carbonyl (C=O) groups is 1. The zero-order valence-electron chi connectivity index (χ0n) is 11.4. The molecule has 0 N–H and O–H groups in total. The number of alkyl halides is 3. The molecular formula is C15H10F3N3O. The van der Waals surface area contributed by atoms with Gasteiger partial charge in [-0.2, -0.15) is 18.3 Å². The third-order valence-corrected chi connectivity index (χ3v) is 3.24. The van der Waals surface area contributed by atoms with Crippen molar-refractivity contribution in [1.82, 2.24) is 14.6 Å². The van der Waals surface area contributed by atoms with Crippen LogP contribution in [0.3, 0.4) is 0 Å². The predicted molar refractivity (Wildman–Crippen MR) is 73.4 cm³/mol. The summed E-state index contributed by atoms with van der Waals surface area (Å²) in [6.45, 7) is 1.42. The van der Waals surface area contributed by atoms with Crippen LogP contribution in [-0.4, -0.2) is 20.4 Å². The van der Waals surface area contributed by atoms with Crippen LogP contribution in [0, 0.1) is 0 Å². The number of hydrogen-bond donors (Lipinski definition) is 0. The van der Waals surface area contributed by atoms with E-state index in [1.165, 1.54) is 19.2 Å². The topological polar surface area (TPSA) is 47.3 Å². The normalized spacial score (nSPS) is 11.8. The lowest BCUT2D eigenvalue weighted by Crippen LogP contribution is -2.13. The fourth-order valence-electron chi connectivity index (χ4n) is 2.14. The van der Waals surface area contributed by atoms with Gasteiger partial charge < -0.3 is 0 Å². The van der Waals surface area contributed by atoms with Crippen molar-refractivity contribution in [3.05, 3.63) is 53.9 Å². The number of ketones is 1. The van der Waals surface area contributed by atoms with Crippen LogP contribution in [0.15, 0.2) is 42.6 Å². The molecule has 3 rings (SSSR count). The van der Waals surface area contributed by atoms with E-state index in [1.807, 2.05) is 0 Å². The van der Waals surface area contributed by atoms with E-state index in [0.717, 1.165) is 10.6 Å². The van der Waals surface area contributed by atoms with Gasteiger partial charge >= 0.3 is 6.18 Å². The fraction of sp³-hybridized carbons (Fsp3) is 0.133. The Morgan fingerprint density at radius 3 is 2.41 bits per heavy atom. The monoisotopic (exact) mass is 305 g/mol. The van der Waals surface area contributed by atoms with Crippen molar-refractivity contribution in [2.45, 2.75) is 13.1 Å². The van der Waals surface area contributed by atoms with Gasteiger partial charge in [0, 0.05) is 17.2 Å². The molecule has 0 aliphatic rings. The average molecular weight is 305 g/mol. The van der Waals surface area contributed by atoms with Gasteiger partial charge in [0.05, 0.1) is 11.9 Å². The standard InChI is InChI=1S/C15H10F3N3O/c1-9(22)10-2-4-11(5-3-10)12-8-13(15(16,17)18)21-14(20-12)6-7-19-21/h2-8H,1H3. The average Bonchev–Trinajstić information content (AvgIpc) is 2.93. The smallest absolute Gasteiger partial charge is 0.295 e. The van der Waals surface area contributed by atoms with E-state index in [9.17, 15) is 18.0 Å². The second-order valence-electron chi connectivity index (χ2n) is 4.76. The fourth-order valence-corrected chi connectivity index (χ4v) is 2.14. The zero-order chi connectivity index (χ0) is 15.9. The van der Waals surface area contributed by atoms with Gasteiger partial charge in [-0.15, -0.1) is 0 Å². The Kier molecular flexibility index (Phi) is 3.20. The Balaban J connectivity index is 2.16. The van der Waals surface area contributed by atoms with E-state index in [0.29, 0.717) is 11.1 Å². The molecule has 2 heterocycles. The van der Waals surface area contributed by atoms with Gasteiger partial charge in [0.2, 0.25) is 0 Å². The molecule has 3 aromatic rings. The number of halogens is 3. The highest BCUT2D eigenvalue weighted by Gasteiger charge is 2.35. The Morgan fingerprint density at radius 2 is 1.82 bits per heavy atom. The molecule has 0 unspecified atom stereocenters. The summed E-state index contributed by atoms with van der Waals surface area (Å²) in [5.41, 5.74) is 0.383. The molecule has 0 spiro atoms. The van der Waals surface area contributed by atoms with E-state index in [2.05, 4.69) is 10.1 Å². The van der Waals surface area contributed by atoms with Gasteiger partial charge in [-0.3, -0.25) is 4.79 Å². The Morgan fingerprint density at radius 1 is 1.14 bits per heavy atom. The van der Waals surface area contributed by atoms with E-state index < -0.39 is 11.9 Å². The molecule has 112 valence electrons. The molecule has 0 aliphatic heterocycles. The van der Waals surface area contributed by atoms with Crippen LogP contribution in [-0.2, 0) is 6.18 Å². The minimum Gasteiger partial charge on any atom is -0.295 e. The molecular weight excluding hydrogens is 295 g/mol. The molecule has 0 amide bonds. The van der Waals surface area contributed by atoms with Crippen LogP contribution in [0.2, 0.25) is 0 Å². The van der Waals surface area contributed by atoms with Crippen molar-refractivity contribution >= 4 is 11.4 Å². The molecule has 4 nitrogen and oxygen atoms in total. The first kappa shape index (κ1) is 14.2. The summed E-state index contributed by atoms with van der Waals surface area (Å²) in [7, 11) is 0. The number of rotatable bonds is 2. The molecule has 0 atom stereocenters. The van der Waals surface area contributed by atoms with Crippen molar-refractivity contribution < 1.29 is 18.0 Å². The summed E-state index contributed by atoms with van der Waals surface area (Å²) in [5.74, 6) is -0.110. The second kappa shape index (κ2) is 4.94. The lowest BCUT2D eigenvalue weighted by molar-refractivity contribution is -0.142. The molecule has 0 aliphatic carbocycles. The number of Topliss-reactive ketones (excluding diaryl/α,β-unsaturated/α-hetero) is 1. The highest BCUT2D eigenvalue weighted by molar-refractivity contribution is 5.94.